The van der Waals surface area contributed by atoms with Gasteiger partial charge in [0.05, 0.1) is 90.9 Å². The first-order chi connectivity index (χ1) is 49.8. The number of ether oxygens (including phenoxy) is 7. The van der Waals surface area contributed by atoms with Crippen molar-refractivity contribution in [1.29, 1.82) is 0 Å². The Morgan fingerprint density at radius 1 is 0.311 bits per heavy atom. The van der Waals surface area contributed by atoms with Crippen LogP contribution in [0.2, 0.25) is 0 Å². The van der Waals surface area contributed by atoms with Gasteiger partial charge in [0.15, 0.2) is 0 Å². The van der Waals surface area contributed by atoms with Gasteiger partial charge >= 0.3 is 47.8 Å². The second-order valence-electron chi connectivity index (χ2n) is 28.3. The molecule has 0 fully saturated rings. The van der Waals surface area contributed by atoms with Crippen molar-refractivity contribution < 1.29 is 102 Å². The minimum Gasteiger partial charge on any atom is -0.480 e. The number of carboxylic acid groups (broad SMARTS) is 5. The number of carboxylic acids is 5. The number of likely N-dealkylation sites (N-methyl/N-ethyl adjacent to an activating group) is 1. The van der Waals surface area contributed by atoms with E-state index in [2.05, 4.69) is 20.8 Å². The summed E-state index contributed by atoms with van der Waals surface area (Å²) in [6.07, 6.45) is 46.2. The van der Waals surface area contributed by atoms with Crippen molar-refractivity contribution in [2.75, 3.05) is 139 Å². The maximum Gasteiger partial charge on any atom is 0.321 e. The van der Waals surface area contributed by atoms with Crippen molar-refractivity contribution in [1.82, 2.24) is 19.6 Å². The standard InChI is InChI=1S/C78H144N4O21/c1-5-8-11-14-17-20-23-26-29-32-35-38-41-44-74(92)101-65-78(66-102-75(93)45-42-39-36-33-30-27-24-21-18-15-12-9-6-2,67-103-76(94)46-43-40-37-34-31-28-25-22-19-16-13-10-7-3)64-100-58-57-99-56-55-98-54-53-97-52-51-79(4)69(83)59-68(77(95)96)82(49-47-80(60-70(84)85)61-71(86)87)50-48-81(62-72(88)89)63-73(90)91/h68H,5-67H2,1-4H3,(H,84,85)(H,86,87)(H,88,89)(H,90,91)(H,95,96). The molecule has 5 N–H and O–H groups in total. The van der Waals surface area contributed by atoms with Gasteiger partial charge in [0.25, 0.3) is 0 Å². The SMILES string of the molecule is CCCCCCCCCCCCCCCC(=O)OCC(COCCOCCOCCOCCN(C)C(=O)CC(C(=O)O)N(CCN(CC(=O)O)CC(=O)O)CCN(CC(=O)O)CC(=O)O)(COC(=O)CCCCCCCCCCCCCCC)COC(=O)CCCCCCCCCCCCCCC. The topological polar surface area (TPSA) is 332 Å². The highest BCUT2D eigenvalue weighted by Crippen LogP contribution is 2.24. The van der Waals surface area contributed by atoms with Crippen LogP contribution in [0, 0.1) is 5.41 Å². The summed E-state index contributed by atoms with van der Waals surface area (Å²) in [7, 11) is 1.44. The van der Waals surface area contributed by atoms with Gasteiger partial charge in [-0.3, -0.25) is 57.9 Å². The first kappa shape index (κ1) is 98.0. The van der Waals surface area contributed by atoms with Crippen molar-refractivity contribution in [2.45, 2.75) is 303 Å². The summed E-state index contributed by atoms with van der Waals surface area (Å²) < 4.78 is 41.2. The number of hydrogen-bond donors (Lipinski definition) is 5. The molecule has 602 valence electrons. The van der Waals surface area contributed by atoms with Crippen molar-refractivity contribution in [3.05, 3.63) is 0 Å². The molecule has 0 rings (SSSR count). The van der Waals surface area contributed by atoms with E-state index in [0.29, 0.717) is 19.3 Å². The quantitative estimate of drug-likeness (QED) is 0.0214. The number of unbranched alkanes of at least 4 members (excludes halogenated alkanes) is 36. The fourth-order valence-electron chi connectivity index (χ4n) is 12.2. The highest BCUT2D eigenvalue weighted by molar-refractivity contribution is 5.84. The maximum absolute atomic E-state index is 13.4. The Labute approximate surface area is 619 Å². The highest BCUT2D eigenvalue weighted by Gasteiger charge is 2.37. The van der Waals surface area contributed by atoms with Crippen LogP contribution in [0.15, 0.2) is 0 Å². The highest BCUT2D eigenvalue weighted by atomic mass is 16.6. The number of nitrogens with zero attached hydrogens (tertiary/aromatic N) is 4. The number of carbonyl (C=O) groups is 9. The van der Waals surface area contributed by atoms with Crippen LogP contribution in [0.5, 0.6) is 0 Å². The lowest BCUT2D eigenvalue weighted by molar-refractivity contribution is -0.168. The van der Waals surface area contributed by atoms with E-state index in [9.17, 15) is 68.7 Å². The second-order valence-corrected chi connectivity index (χ2v) is 28.3. The van der Waals surface area contributed by atoms with E-state index >= 15 is 0 Å². The summed E-state index contributed by atoms with van der Waals surface area (Å²) in [5.41, 5.74) is -1.18. The molecule has 0 saturated heterocycles. The van der Waals surface area contributed by atoms with Gasteiger partial charge in [-0.15, -0.1) is 0 Å². The average Bonchev–Trinajstić information content (AvgIpc) is 0.872. The molecule has 1 amide bonds. The largest absolute Gasteiger partial charge is 0.480 e. The minimum atomic E-state index is -1.54. The van der Waals surface area contributed by atoms with Crippen LogP contribution in [-0.4, -0.2) is 243 Å². The van der Waals surface area contributed by atoms with Gasteiger partial charge in [0.2, 0.25) is 5.91 Å². The molecule has 25 heteroatoms. The number of esters is 3. The number of carbonyl (C=O) groups excluding carboxylic acids is 4. The molecule has 0 aliphatic heterocycles. The van der Waals surface area contributed by atoms with Gasteiger partial charge in [-0.2, -0.15) is 0 Å². The monoisotopic (exact) mass is 1470 g/mol. The third kappa shape index (κ3) is 63.9. The van der Waals surface area contributed by atoms with Crippen LogP contribution in [0.1, 0.15) is 297 Å². The van der Waals surface area contributed by atoms with Crippen molar-refractivity contribution in [3.8, 4) is 0 Å². The molecule has 0 aliphatic rings. The molecule has 0 saturated carbocycles. The zero-order valence-electron chi connectivity index (χ0n) is 64.7. The van der Waals surface area contributed by atoms with Gasteiger partial charge < -0.3 is 63.6 Å². The summed E-state index contributed by atoms with van der Waals surface area (Å²) in [5.74, 6) is -8.51. The zero-order chi connectivity index (χ0) is 76.1. The van der Waals surface area contributed by atoms with E-state index in [4.69, 9.17) is 33.2 Å². The van der Waals surface area contributed by atoms with Gasteiger partial charge in [0, 0.05) is 59.0 Å². The molecule has 0 radical (unpaired) electrons. The van der Waals surface area contributed by atoms with E-state index in [1.807, 2.05) is 0 Å². The van der Waals surface area contributed by atoms with Gasteiger partial charge in [0.1, 0.15) is 25.9 Å². The van der Waals surface area contributed by atoms with Crippen LogP contribution in [0.4, 0.5) is 0 Å². The Bertz CT molecular complexity index is 1960. The Morgan fingerprint density at radius 2 is 0.563 bits per heavy atom. The molecule has 103 heavy (non-hydrogen) atoms. The maximum atomic E-state index is 13.4. The summed E-state index contributed by atoms with van der Waals surface area (Å²) in [6, 6.07) is -1.54. The molecular weight excluding hydrogens is 1330 g/mol. The van der Waals surface area contributed by atoms with Crippen LogP contribution in [-0.2, 0) is 76.3 Å². The van der Waals surface area contributed by atoms with Gasteiger partial charge in [-0.25, -0.2) is 0 Å². The lowest BCUT2D eigenvalue weighted by Crippen LogP contribution is -2.51. The fourth-order valence-corrected chi connectivity index (χ4v) is 12.2. The molecule has 1 atom stereocenters. The van der Waals surface area contributed by atoms with Crippen LogP contribution < -0.4 is 0 Å². The van der Waals surface area contributed by atoms with Crippen LogP contribution in [0.25, 0.3) is 0 Å². The van der Waals surface area contributed by atoms with Crippen LogP contribution in [0.3, 0.4) is 0 Å². The predicted molar refractivity (Wildman–Crippen MR) is 398 cm³/mol. The fraction of sp³-hybridized carbons (Fsp3) is 0.885. The Balaban J connectivity index is 5.72. The molecule has 0 heterocycles. The molecule has 1 unspecified atom stereocenters. The Morgan fingerprint density at radius 3 is 0.825 bits per heavy atom. The zero-order valence-corrected chi connectivity index (χ0v) is 64.7. The van der Waals surface area contributed by atoms with E-state index in [1.165, 1.54) is 190 Å². The van der Waals surface area contributed by atoms with Crippen molar-refractivity contribution in [3.63, 3.8) is 0 Å². The van der Waals surface area contributed by atoms with Gasteiger partial charge in [-0.1, -0.05) is 252 Å². The number of aliphatic carboxylic acids is 5. The molecule has 0 spiro atoms. The predicted octanol–water partition coefficient (Wildman–Crippen LogP) is 13.7. The number of amides is 1. The Kier molecular flexibility index (Phi) is 66.5. The van der Waals surface area contributed by atoms with E-state index in [0.717, 1.165) is 67.6 Å². The first-order valence-corrected chi connectivity index (χ1v) is 40.1. The number of hydrogen-bond acceptors (Lipinski definition) is 19. The van der Waals surface area contributed by atoms with Crippen LogP contribution >= 0.6 is 0 Å². The van der Waals surface area contributed by atoms with E-state index in [-0.39, 0.29) is 143 Å². The first-order valence-electron chi connectivity index (χ1n) is 40.1. The Hall–Kier alpha value is -5.05. The lowest BCUT2D eigenvalue weighted by Gasteiger charge is -2.33. The second kappa shape index (κ2) is 70.0. The molecule has 0 bridgehead atoms. The van der Waals surface area contributed by atoms with E-state index in [1.54, 1.807) is 0 Å². The third-order valence-electron chi connectivity index (χ3n) is 18.5. The molecule has 25 nitrogen and oxygen atoms in total. The van der Waals surface area contributed by atoms with Crippen molar-refractivity contribution in [2.24, 2.45) is 5.41 Å². The summed E-state index contributed by atoms with van der Waals surface area (Å²) in [5, 5.41) is 47.7. The van der Waals surface area contributed by atoms with E-state index < -0.39 is 79.8 Å². The minimum absolute atomic E-state index is 0.0515. The summed E-state index contributed by atoms with van der Waals surface area (Å²) >= 11 is 0. The lowest BCUT2D eigenvalue weighted by atomic mass is 9.92. The molecule has 0 aliphatic carbocycles. The molecule has 0 aromatic carbocycles. The molecule has 0 aromatic heterocycles. The summed E-state index contributed by atoms with van der Waals surface area (Å²) in [4.78, 5) is 117. The molecular formula is C78H144N4O21. The third-order valence-corrected chi connectivity index (χ3v) is 18.5. The number of rotatable bonds is 80. The summed E-state index contributed by atoms with van der Waals surface area (Å²) in [6.45, 7) is 3.44. The average molecular weight is 1470 g/mol. The van der Waals surface area contributed by atoms with Crippen molar-refractivity contribution >= 4 is 53.7 Å². The van der Waals surface area contributed by atoms with Gasteiger partial charge in [-0.05, 0) is 19.3 Å². The normalized spacial score (nSPS) is 12.0. The smallest absolute Gasteiger partial charge is 0.321 e. The molecule has 0 aromatic rings.